The van der Waals surface area contributed by atoms with Crippen LogP contribution in [0, 0.1) is 0 Å². The molecule has 0 bridgehead atoms. The molecular weight excluding hydrogens is 500 g/mol. The van der Waals surface area contributed by atoms with Crippen molar-refractivity contribution in [2.24, 2.45) is 0 Å². The normalized spacial score (nSPS) is 13.3. The first-order chi connectivity index (χ1) is 19.1. The van der Waals surface area contributed by atoms with E-state index >= 15 is 0 Å². The molecule has 0 unspecified atom stereocenters. The third-order valence-corrected chi connectivity index (χ3v) is 6.15. The van der Waals surface area contributed by atoms with E-state index in [4.69, 9.17) is 19.2 Å². The van der Waals surface area contributed by atoms with Gasteiger partial charge in [-0.3, -0.25) is 5.10 Å². The van der Waals surface area contributed by atoms with E-state index in [9.17, 15) is 9.90 Å². The molecule has 1 saturated heterocycles. The van der Waals surface area contributed by atoms with E-state index < -0.39 is 6.16 Å². The number of H-pyrrole nitrogens is 1. The fourth-order valence-electron chi connectivity index (χ4n) is 4.27. The second-order valence-corrected chi connectivity index (χ2v) is 8.75. The number of ether oxygens (including phenoxy) is 3. The van der Waals surface area contributed by atoms with E-state index in [1.165, 1.54) is 0 Å². The second kappa shape index (κ2) is 10.7. The van der Waals surface area contributed by atoms with Crippen LogP contribution in [0.4, 0.5) is 22.2 Å². The van der Waals surface area contributed by atoms with Crippen molar-refractivity contribution in [1.82, 2.24) is 20.2 Å². The quantitative estimate of drug-likeness (QED) is 0.236. The second-order valence-electron chi connectivity index (χ2n) is 8.75. The average molecular weight is 525 g/mol. The number of benzene rings is 3. The molecule has 3 aromatic carbocycles. The minimum Gasteiger partial charge on any atom is -0.457 e. The van der Waals surface area contributed by atoms with Crippen LogP contribution in [-0.2, 0) is 4.74 Å². The van der Waals surface area contributed by atoms with Gasteiger partial charge in [-0.25, -0.2) is 9.78 Å². The standard InChI is InChI=1S/C28H24N6O5/c35-28(36)39-25-24(18-6-9-22(10-7-18)38-21-4-2-1-3-5-21)31-27(34-12-14-37-15-13-34)32-26(25)30-20-8-11-23-19(16-20)17-29-33-23/h1-11,16-17H,12-15H2,(H,29,33)(H,35,36)(H,30,31,32). The smallest absolute Gasteiger partial charge is 0.457 e. The van der Waals surface area contributed by atoms with Crippen LogP contribution in [0.2, 0.25) is 0 Å². The number of anilines is 3. The molecule has 0 aliphatic carbocycles. The fourth-order valence-corrected chi connectivity index (χ4v) is 4.27. The van der Waals surface area contributed by atoms with Gasteiger partial charge >= 0.3 is 6.16 Å². The zero-order valence-electron chi connectivity index (χ0n) is 20.7. The number of hydrogen-bond donors (Lipinski definition) is 3. The number of aromatic nitrogens is 4. The Morgan fingerprint density at radius 1 is 0.974 bits per heavy atom. The monoisotopic (exact) mass is 524 g/mol. The molecule has 0 spiro atoms. The summed E-state index contributed by atoms with van der Waals surface area (Å²) in [6.07, 6.45) is 0.232. The van der Waals surface area contributed by atoms with Crippen molar-refractivity contribution in [1.29, 1.82) is 0 Å². The van der Waals surface area contributed by atoms with E-state index in [1.54, 1.807) is 30.5 Å². The number of fused-ring (bicyclic) bond motifs is 1. The Morgan fingerprint density at radius 3 is 2.51 bits per heavy atom. The number of carboxylic acid groups (broad SMARTS) is 1. The number of carbonyl (C=O) groups is 1. The fraction of sp³-hybridized carbons (Fsp3) is 0.143. The van der Waals surface area contributed by atoms with Crippen LogP contribution in [0.5, 0.6) is 17.2 Å². The Morgan fingerprint density at radius 2 is 1.74 bits per heavy atom. The van der Waals surface area contributed by atoms with Crippen LogP contribution in [-0.4, -0.2) is 57.7 Å². The zero-order valence-corrected chi connectivity index (χ0v) is 20.7. The van der Waals surface area contributed by atoms with Gasteiger partial charge in [-0.05, 0) is 54.6 Å². The maximum Gasteiger partial charge on any atom is 0.511 e. The molecule has 3 N–H and O–H groups in total. The van der Waals surface area contributed by atoms with Crippen molar-refractivity contribution in [3.63, 3.8) is 0 Å². The number of hydrogen-bond acceptors (Lipinski definition) is 9. The number of rotatable bonds is 7. The first kappa shape index (κ1) is 24.2. The molecule has 0 saturated carbocycles. The zero-order chi connectivity index (χ0) is 26.6. The lowest BCUT2D eigenvalue weighted by atomic mass is 10.1. The highest BCUT2D eigenvalue weighted by Gasteiger charge is 2.24. The maximum absolute atomic E-state index is 11.8. The summed E-state index contributed by atoms with van der Waals surface area (Å²) in [5.41, 5.74) is 2.52. The number of nitrogens with one attached hydrogen (secondary N) is 2. The van der Waals surface area contributed by atoms with Crippen LogP contribution in [0.3, 0.4) is 0 Å². The first-order valence-corrected chi connectivity index (χ1v) is 12.3. The SMILES string of the molecule is O=C(O)Oc1c(Nc2ccc3[nH]ncc3c2)nc(N2CCOCC2)nc1-c1ccc(Oc2ccccc2)cc1. The Labute approximate surface area is 223 Å². The highest BCUT2D eigenvalue weighted by molar-refractivity contribution is 5.85. The molecule has 11 nitrogen and oxygen atoms in total. The Bertz CT molecular complexity index is 1600. The minimum absolute atomic E-state index is 0.0106. The average Bonchev–Trinajstić information content (AvgIpc) is 3.43. The van der Waals surface area contributed by atoms with Crippen LogP contribution < -0.4 is 19.7 Å². The first-order valence-electron chi connectivity index (χ1n) is 12.3. The van der Waals surface area contributed by atoms with Gasteiger partial charge < -0.3 is 29.5 Å². The molecule has 1 fully saturated rings. The van der Waals surface area contributed by atoms with E-state index in [0.29, 0.717) is 60.7 Å². The molecule has 0 atom stereocenters. The summed E-state index contributed by atoms with van der Waals surface area (Å²) in [5.74, 6) is 1.97. The summed E-state index contributed by atoms with van der Waals surface area (Å²) in [6.45, 7) is 2.28. The number of aromatic amines is 1. The molecule has 1 aliphatic heterocycles. The lowest BCUT2D eigenvalue weighted by Gasteiger charge is -2.28. The Kier molecular flexibility index (Phi) is 6.62. The summed E-state index contributed by atoms with van der Waals surface area (Å²) in [4.78, 5) is 23.2. The van der Waals surface area contributed by atoms with Crippen LogP contribution in [0.15, 0.2) is 79.0 Å². The molecule has 0 radical (unpaired) electrons. The van der Waals surface area contributed by atoms with Crippen molar-refractivity contribution in [3.05, 3.63) is 79.0 Å². The van der Waals surface area contributed by atoms with Crippen LogP contribution in [0.25, 0.3) is 22.2 Å². The van der Waals surface area contributed by atoms with Crippen molar-refractivity contribution in [2.75, 3.05) is 36.5 Å². The largest absolute Gasteiger partial charge is 0.511 e. The van der Waals surface area contributed by atoms with Gasteiger partial charge in [0.05, 0.1) is 24.9 Å². The van der Waals surface area contributed by atoms with Crippen molar-refractivity contribution < 1.29 is 24.1 Å². The number of nitrogens with zero attached hydrogens (tertiary/aromatic N) is 4. The number of para-hydroxylation sites is 1. The third-order valence-electron chi connectivity index (χ3n) is 6.15. The van der Waals surface area contributed by atoms with E-state index in [2.05, 4.69) is 20.5 Å². The highest BCUT2D eigenvalue weighted by Crippen LogP contribution is 2.38. The number of morpholine rings is 1. The van der Waals surface area contributed by atoms with Crippen molar-refractivity contribution >= 4 is 34.5 Å². The molecule has 39 heavy (non-hydrogen) atoms. The summed E-state index contributed by atoms with van der Waals surface area (Å²) < 4.78 is 16.7. The van der Waals surface area contributed by atoms with Gasteiger partial charge in [0.15, 0.2) is 5.82 Å². The topological polar surface area (TPSA) is 135 Å². The molecule has 6 rings (SSSR count). The molecule has 3 heterocycles. The Balaban J connectivity index is 1.42. The molecule has 196 valence electrons. The van der Waals surface area contributed by atoms with Gasteiger partial charge in [0, 0.05) is 29.7 Å². The van der Waals surface area contributed by atoms with Gasteiger partial charge in [-0.15, -0.1) is 0 Å². The maximum atomic E-state index is 11.8. The summed E-state index contributed by atoms with van der Waals surface area (Å²) >= 11 is 0. The lowest BCUT2D eigenvalue weighted by Crippen LogP contribution is -2.37. The van der Waals surface area contributed by atoms with Crippen molar-refractivity contribution in [3.8, 4) is 28.5 Å². The molecule has 11 heteroatoms. The van der Waals surface area contributed by atoms with E-state index in [-0.39, 0.29) is 11.6 Å². The van der Waals surface area contributed by atoms with Crippen LogP contribution >= 0.6 is 0 Å². The van der Waals surface area contributed by atoms with Gasteiger partial charge in [0.1, 0.15) is 17.2 Å². The van der Waals surface area contributed by atoms with Crippen molar-refractivity contribution in [2.45, 2.75) is 0 Å². The predicted molar refractivity (Wildman–Crippen MR) is 145 cm³/mol. The van der Waals surface area contributed by atoms with Gasteiger partial charge in [0.25, 0.3) is 0 Å². The van der Waals surface area contributed by atoms with E-state index in [0.717, 1.165) is 10.9 Å². The van der Waals surface area contributed by atoms with Gasteiger partial charge in [-0.2, -0.15) is 10.1 Å². The van der Waals surface area contributed by atoms with Gasteiger partial charge in [0.2, 0.25) is 11.7 Å². The summed E-state index contributed by atoms with van der Waals surface area (Å²) in [6, 6.07) is 22.2. The molecule has 5 aromatic rings. The van der Waals surface area contributed by atoms with E-state index in [1.807, 2.05) is 53.4 Å². The molecule has 0 amide bonds. The minimum atomic E-state index is -1.48. The Hall–Kier alpha value is -5.16. The van der Waals surface area contributed by atoms with Gasteiger partial charge in [-0.1, -0.05) is 18.2 Å². The molecular formula is C28H24N6O5. The van der Waals surface area contributed by atoms with Crippen LogP contribution in [0.1, 0.15) is 0 Å². The summed E-state index contributed by atoms with van der Waals surface area (Å²) in [5, 5.41) is 20.7. The lowest BCUT2D eigenvalue weighted by molar-refractivity contribution is 0.122. The molecule has 1 aliphatic rings. The highest BCUT2D eigenvalue weighted by atomic mass is 16.7. The summed E-state index contributed by atoms with van der Waals surface area (Å²) in [7, 11) is 0. The predicted octanol–water partition coefficient (Wildman–Crippen LogP) is 5.45. The third kappa shape index (κ3) is 5.43. The molecule has 2 aromatic heterocycles.